The third-order valence-corrected chi connectivity index (χ3v) is 2.50. The molecule has 0 bridgehead atoms. The minimum Gasteiger partial charge on any atom is -0.258 e. The van der Waals surface area contributed by atoms with Gasteiger partial charge in [0.1, 0.15) is 0 Å². The molecule has 0 spiro atoms. The van der Waals surface area contributed by atoms with Crippen LogP contribution in [0, 0.1) is 16.2 Å². The van der Waals surface area contributed by atoms with Crippen molar-refractivity contribution >= 4 is 17.3 Å². The van der Waals surface area contributed by atoms with E-state index in [1.165, 1.54) is 12.1 Å². The van der Waals surface area contributed by atoms with Gasteiger partial charge in [-0.05, 0) is 17.7 Å². The summed E-state index contributed by atoms with van der Waals surface area (Å²) >= 11 is 6.01. The number of nitro benzene ring substituents is 1. The molecular formula is C12H7ClNO2. The Hall–Kier alpha value is -1.87. The zero-order chi connectivity index (χ0) is 11.5. The van der Waals surface area contributed by atoms with Crippen LogP contribution >= 0.6 is 11.6 Å². The number of halogens is 1. The summed E-state index contributed by atoms with van der Waals surface area (Å²) in [6, 6.07) is 14.5. The molecule has 16 heavy (non-hydrogen) atoms. The number of non-ortho nitro benzene ring substituents is 1. The normalized spacial score (nSPS) is 10.1. The predicted octanol–water partition coefficient (Wildman–Crippen LogP) is 3.72. The van der Waals surface area contributed by atoms with Crippen LogP contribution in [0.2, 0.25) is 5.02 Å². The van der Waals surface area contributed by atoms with E-state index in [1.54, 1.807) is 12.1 Å². The smallest absolute Gasteiger partial charge is 0.258 e. The maximum absolute atomic E-state index is 10.6. The van der Waals surface area contributed by atoms with Crippen LogP contribution in [0.4, 0.5) is 5.69 Å². The van der Waals surface area contributed by atoms with Gasteiger partial charge in [-0.1, -0.05) is 35.9 Å². The van der Waals surface area contributed by atoms with Gasteiger partial charge in [0.25, 0.3) is 5.69 Å². The van der Waals surface area contributed by atoms with Crippen molar-refractivity contribution in [2.24, 2.45) is 0 Å². The first kappa shape index (κ1) is 10.6. The lowest BCUT2D eigenvalue weighted by molar-refractivity contribution is -0.385. The molecule has 0 aliphatic rings. The Labute approximate surface area is 97.4 Å². The molecule has 0 heterocycles. The molecule has 2 aromatic carbocycles. The van der Waals surface area contributed by atoms with Crippen molar-refractivity contribution in [2.45, 2.75) is 0 Å². The van der Waals surface area contributed by atoms with Gasteiger partial charge >= 0.3 is 0 Å². The summed E-state index contributed by atoms with van der Waals surface area (Å²) in [6.45, 7) is 0. The molecule has 2 aromatic rings. The average molecular weight is 233 g/mol. The fourth-order valence-electron chi connectivity index (χ4n) is 1.42. The van der Waals surface area contributed by atoms with Crippen molar-refractivity contribution in [3.05, 3.63) is 63.7 Å². The van der Waals surface area contributed by atoms with E-state index < -0.39 is 4.92 Å². The van der Waals surface area contributed by atoms with Gasteiger partial charge in [0.2, 0.25) is 0 Å². The van der Waals surface area contributed by atoms with E-state index in [-0.39, 0.29) is 5.69 Å². The highest BCUT2D eigenvalue weighted by atomic mass is 35.5. The Morgan fingerprint density at radius 1 is 1.25 bits per heavy atom. The molecule has 0 fully saturated rings. The number of nitro groups is 1. The van der Waals surface area contributed by atoms with Crippen LogP contribution in [0.3, 0.4) is 0 Å². The minimum atomic E-state index is -0.472. The van der Waals surface area contributed by atoms with Crippen molar-refractivity contribution in [1.29, 1.82) is 0 Å². The standard InChI is InChI=1S/C12H7ClNO2/c13-12-7-2-1-6-11(12)9-4-3-5-10(8-9)14(15)16/h1-4,6-8H. The summed E-state index contributed by atoms with van der Waals surface area (Å²) in [6.07, 6.45) is 0. The molecule has 2 rings (SSSR count). The van der Waals surface area contributed by atoms with Crippen molar-refractivity contribution in [3.63, 3.8) is 0 Å². The number of rotatable bonds is 2. The van der Waals surface area contributed by atoms with Gasteiger partial charge in [-0.15, -0.1) is 0 Å². The summed E-state index contributed by atoms with van der Waals surface area (Å²) < 4.78 is 0. The molecule has 0 N–H and O–H groups in total. The first-order valence-electron chi connectivity index (χ1n) is 4.59. The molecule has 0 saturated heterocycles. The number of hydrogen-bond donors (Lipinski definition) is 0. The zero-order valence-corrected chi connectivity index (χ0v) is 8.94. The molecule has 0 saturated carbocycles. The molecule has 4 heteroatoms. The van der Waals surface area contributed by atoms with Gasteiger partial charge < -0.3 is 0 Å². The third-order valence-electron chi connectivity index (χ3n) is 2.17. The predicted molar refractivity (Wildman–Crippen MR) is 62.4 cm³/mol. The molecule has 0 unspecified atom stereocenters. The van der Waals surface area contributed by atoms with Crippen LogP contribution in [0.25, 0.3) is 11.1 Å². The highest BCUT2D eigenvalue weighted by Gasteiger charge is 2.09. The zero-order valence-electron chi connectivity index (χ0n) is 8.18. The number of nitrogens with zero attached hydrogens (tertiary/aromatic N) is 1. The monoisotopic (exact) mass is 232 g/mol. The van der Waals surface area contributed by atoms with Crippen molar-refractivity contribution in [2.75, 3.05) is 0 Å². The highest BCUT2D eigenvalue weighted by Crippen LogP contribution is 2.29. The number of benzene rings is 2. The van der Waals surface area contributed by atoms with Gasteiger partial charge in [-0.3, -0.25) is 10.1 Å². The maximum atomic E-state index is 10.6. The van der Waals surface area contributed by atoms with Gasteiger partial charge in [0.15, 0.2) is 0 Å². The van der Waals surface area contributed by atoms with Gasteiger partial charge in [0.05, 0.1) is 11.0 Å². The number of hydrogen-bond acceptors (Lipinski definition) is 2. The van der Waals surface area contributed by atoms with Gasteiger partial charge in [-0.2, -0.15) is 0 Å². The van der Waals surface area contributed by atoms with Crippen LogP contribution < -0.4 is 0 Å². The molecule has 3 nitrogen and oxygen atoms in total. The van der Waals surface area contributed by atoms with Crippen molar-refractivity contribution in [1.82, 2.24) is 0 Å². The van der Waals surface area contributed by atoms with Crippen LogP contribution in [0.5, 0.6) is 0 Å². The molecular weight excluding hydrogens is 226 g/mol. The Morgan fingerprint density at radius 2 is 2.00 bits per heavy atom. The summed E-state index contributed by atoms with van der Waals surface area (Å²) in [5.41, 5.74) is 1.44. The van der Waals surface area contributed by atoms with Crippen molar-refractivity contribution in [3.8, 4) is 11.1 Å². The van der Waals surface area contributed by atoms with E-state index in [1.807, 2.05) is 18.2 Å². The lowest BCUT2D eigenvalue weighted by Crippen LogP contribution is -1.88. The fourth-order valence-corrected chi connectivity index (χ4v) is 1.67. The molecule has 79 valence electrons. The lowest BCUT2D eigenvalue weighted by atomic mass is 10.1. The van der Waals surface area contributed by atoms with Crippen LogP contribution in [-0.2, 0) is 0 Å². The van der Waals surface area contributed by atoms with E-state index in [0.29, 0.717) is 5.02 Å². The van der Waals surface area contributed by atoms with Crippen LogP contribution in [0.15, 0.2) is 42.5 Å². The van der Waals surface area contributed by atoms with E-state index in [0.717, 1.165) is 11.1 Å². The van der Waals surface area contributed by atoms with E-state index in [9.17, 15) is 10.1 Å². The Bertz CT molecular complexity index is 540. The lowest BCUT2D eigenvalue weighted by Gasteiger charge is -2.03. The quantitative estimate of drug-likeness (QED) is 0.585. The van der Waals surface area contributed by atoms with Gasteiger partial charge in [0, 0.05) is 16.7 Å². The Balaban J connectivity index is 2.53. The molecule has 1 radical (unpaired) electrons. The third kappa shape index (κ3) is 2.04. The maximum Gasteiger partial charge on any atom is 0.278 e. The van der Waals surface area contributed by atoms with E-state index >= 15 is 0 Å². The minimum absolute atomic E-state index is 0.0579. The van der Waals surface area contributed by atoms with Crippen LogP contribution in [0.1, 0.15) is 0 Å². The Kier molecular flexibility index (Phi) is 2.88. The summed E-state index contributed by atoms with van der Waals surface area (Å²) in [5.74, 6) is 0. The first-order valence-corrected chi connectivity index (χ1v) is 4.97. The molecule has 0 atom stereocenters. The van der Waals surface area contributed by atoms with Crippen molar-refractivity contribution < 1.29 is 4.92 Å². The second-order valence-corrected chi connectivity index (χ2v) is 3.61. The summed E-state index contributed by atoms with van der Waals surface area (Å²) in [4.78, 5) is 10.1. The second kappa shape index (κ2) is 4.33. The Morgan fingerprint density at radius 3 is 2.69 bits per heavy atom. The molecule has 0 aliphatic carbocycles. The van der Waals surface area contributed by atoms with Crippen LogP contribution in [-0.4, -0.2) is 4.92 Å². The fraction of sp³-hybridized carbons (Fsp3) is 0. The largest absolute Gasteiger partial charge is 0.278 e. The van der Waals surface area contributed by atoms with Gasteiger partial charge in [-0.25, -0.2) is 0 Å². The second-order valence-electron chi connectivity index (χ2n) is 3.20. The average Bonchev–Trinajstić information content (AvgIpc) is 2.30. The van der Waals surface area contributed by atoms with E-state index in [4.69, 9.17) is 11.6 Å². The molecule has 0 aromatic heterocycles. The molecule has 0 amide bonds. The summed E-state index contributed by atoms with van der Waals surface area (Å²) in [7, 11) is 0. The van der Waals surface area contributed by atoms with E-state index in [2.05, 4.69) is 6.07 Å². The summed E-state index contributed by atoms with van der Waals surface area (Å²) in [5, 5.41) is 11.2. The molecule has 0 aliphatic heterocycles. The topological polar surface area (TPSA) is 43.1 Å². The SMILES string of the molecule is O=[N+]([O-])c1[c]ccc(-c2ccccc2Cl)c1. The highest BCUT2D eigenvalue weighted by molar-refractivity contribution is 6.33. The first-order chi connectivity index (χ1) is 7.68.